The molecule has 2 unspecified atom stereocenters. The topological polar surface area (TPSA) is 61.8 Å². The van der Waals surface area contributed by atoms with E-state index in [2.05, 4.69) is 0 Å². The Labute approximate surface area is 169 Å². The number of hydrogen-bond acceptors (Lipinski definition) is 5. The normalized spacial score (nSPS) is 18.8. The summed E-state index contributed by atoms with van der Waals surface area (Å²) in [5.74, 6) is -1.77. The standard InChI is InChI=1S/C23H23FO5/c1-4-29-23(26)21-18(17-6-5-7-20(27-2)22(17)28-3)12-15(13-19(21)25)14-8-10-16(24)11-9-14/h5-11,13,18,21H,4,12H2,1-3H3. The summed E-state index contributed by atoms with van der Waals surface area (Å²) >= 11 is 0. The lowest BCUT2D eigenvalue weighted by Gasteiger charge is -2.30. The molecule has 152 valence electrons. The van der Waals surface area contributed by atoms with Gasteiger partial charge in [-0.15, -0.1) is 0 Å². The van der Waals surface area contributed by atoms with Crippen LogP contribution >= 0.6 is 0 Å². The molecular formula is C23H23FO5. The van der Waals surface area contributed by atoms with Gasteiger partial charge >= 0.3 is 5.97 Å². The first-order valence-corrected chi connectivity index (χ1v) is 9.38. The molecule has 0 saturated heterocycles. The molecule has 0 N–H and O–H groups in total. The van der Waals surface area contributed by atoms with Crippen molar-refractivity contribution in [3.05, 3.63) is 65.5 Å². The van der Waals surface area contributed by atoms with Gasteiger partial charge in [0, 0.05) is 11.5 Å². The van der Waals surface area contributed by atoms with Crippen LogP contribution in [0.5, 0.6) is 11.5 Å². The maximum Gasteiger partial charge on any atom is 0.317 e. The summed E-state index contributed by atoms with van der Waals surface area (Å²) in [6, 6.07) is 11.3. The first-order valence-electron chi connectivity index (χ1n) is 9.38. The van der Waals surface area contributed by atoms with E-state index in [1.54, 1.807) is 31.2 Å². The molecule has 1 aliphatic carbocycles. The van der Waals surface area contributed by atoms with Gasteiger partial charge in [0.15, 0.2) is 17.3 Å². The summed E-state index contributed by atoms with van der Waals surface area (Å²) in [6.07, 6.45) is 1.85. The Balaban J connectivity index is 2.10. The van der Waals surface area contributed by atoms with Crippen LogP contribution in [-0.2, 0) is 14.3 Å². The molecule has 0 amide bonds. The molecule has 0 saturated carbocycles. The van der Waals surface area contributed by atoms with Crippen LogP contribution in [0.15, 0.2) is 48.5 Å². The third-order valence-corrected chi connectivity index (χ3v) is 5.05. The summed E-state index contributed by atoms with van der Waals surface area (Å²) in [7, 11) is 3.04. The average molecular weight is 398 g/mol. The molecule has 2 aromatic rings. The molecule has 0 radical (unpaired) electrons. The average Bonchev–Trinajstić information content (AvgIpc) is 2.73. The van der Waals surface area contributed by atoms with E-state index in [9.17, 15) is 14.0 Å². The number of esters is 1. The molecular weight excluding hydrogens is 375 g/mol. The lowest BCUT2D eigenvalue weighted by Crippen LogP contribution is -2.34. The molecule has 0 heterocycles. The monoisotopic (exact) mass is 398 g/mol. The Kier molecular flexibility index (Phi) is 6.32. The van der Waals surface area contributed by atoms with Crippen molar-refractivity contribution in [2.45, 2.75) is 19.3 Å². The molecule has 29 heavy (non-hydrogen) atoms. The Hall–Kier alpha value is -3.15. The van der Waals surface area contributed by atoms with Crippen LogP contribution in [0.2, 0.25) is 0 Å². The maximum atomic E-state index is 13.3. The molecule has 6 heteroatoms. The fourth-order valence-corrected chi connectivity index (χ4v) is 3.74. The van der Waals surface area contributed by atoms with Crippen LogP contribution in [0, 0.1) is 11.7 Å². The fraction of sp³-hybridized carbons (Fsp3) is 0.304. The van der Waals surface area contributed by atoms with Gasteiger partial charge < -0.3 is 14.2 Å². The zero-order chi connectivity index (χ0) is 21.0. The third kappa shape index (κ3) is 4.16. The van der Waals surface area contributed by atoms with Crippen molar-refractivity contribution in [3.8, 4) is 11.5 Å². The predicted molar refractivity (Wildman–Crippen MR) is 106 cm³/mol. The van der Waals surface area contributed by atoms with E-state index < -0.39 is 17.8 Å². The summed E-state index contributed by atoms with van der Waals surface area (Å²) < 4.78 is 29.4. The lowest BCUT2D eigenvalue weighted by molar-refractivity contribution is -0.151. The van der Waals surface area contributed by atoms with Crippen molar-refractivity contribution in [2.24, 2.45) is 5.92 Å². The Morgan fingerprint density at radius 2 is 1.83 bits per heavy atom. The molecule has 2 atom stereocenters. The first-order chi connectivity index (χ1) is 14.0. The minimum Gasteiger partial charge on any atom is -0.493 e. The number of ketones is 1. The van der Waals surface area contributed by atoms with Gasteiger partial charge in [-0.3, -0.25) is 9.59 Å². The van der Waals surface area contributed by atoms with Crippen molar-refractivity contribution in [2.75, 3.05) is 20.8 Å². The van der Waals surface area contributed by atoms with Gasteiger partial charge in [-0.05, 0) is 48.8 Å². The van der Waals surface area contributed by atoms with Crippen molar-refractivity contribution in [1.82, 2.24) is 0 Å². The second-order valence-corrected chi connectivity index (χ2v) is 6.70. The van der Waals surface area contributed by atoms with E-state index in [0.717, 1.165) is 11.1 Å². The zero-order valence-electron chi connectivity index (χ0n) is 16.6. The van der Waals surface area contributed by atoms with Crippen LogP contribution < -0.4 is 9.47 Å². The quantitative estimate of drug-likeness (QED) is 0.540. The van der Waals surface area contributed by atoms with Crippen molar-refractivity contribution >= 4 is 17.3 Å². The minimum absolute atomic E-state index is 0.180. The van der Waals surface area contributed by atoms with Crippen molar-refractivity contribution in [3.63, 3.8) is 0 Å². The molecule has 2 aromatic carbocycles. The van der Waals surface area contributed by atoms with E-state index >= 15 is 0 Å². The first kappa shape index (κ1) is 20.6. The molecule has 0 fully saturated rings. The maximum absolute atomic E-state index is 13.3. The van der Waals surface area contributed by atoms with Crippen LogP contribution in [0.3, 0.4) is 0 Å². The smallest absolute Gasteiger partial charge is 0.317 e. The van der Waals surface area contributed by atoms with Gasteiger partial charge in [0.25, 0.3) is 0 Å². The Morgan fingerprint density at radius 3 is 2.45 bits per heavy atom. The van der Waals surface area contributed by atoms with Gasteiger partial charge in [0.1, 0.15) is 11.7 Å². The fourth-order valence-electron chi connectivity index (χ4n) is 3.74. The van der Waals surface area contributed by atoms with Gasteiger partial charge in [0.05, 0.1) is 20.8 Å². The molecule has 0 aliphatic heterocycles. The molecule has 0 aromatic heterocycles. The second-order valence-electron chi connectivity index (χ2n) is 6.70. The van der Waals surface area contributed by atoms with Crippen LogP contribution in [0.1, 0.15) is 30.4 Å². The van der Waals surface area contributed by atoms with Gasteiger partial charge in [-0.1, -0.05) is 24.3 Å². The molecule has 0 spiro atoms. The largest absolute Gasteiger partial charge is 0.493 e. The van der Waals surface area contributed by atoms with Gasteiger partial charge in [-0.25, -0.2) is 4.39 Å². The van der Waals surface area contributed by atoms with Crippen LogP contribution in [0.4, 0.5) is 4.39 Å². The van der Waals surface area contributed by atoms with E-state index in [-0.39, 0.29) is 18.2 Å². The van der Waals surface area contributed by atoms with E-state index in [4.69, 9.17) is 14.2 Å². The lowest BCUT2D eigenvalue weighted by atomic mass is 9.73. The van der Waals surface area contributed by atoms with E-state index in [0.29, 0.717) is 23.5 Å². The zero-order valence-corrected chi connectivity index (χ0v) is 16.6. The number of methoxy groups -OCH3 is 2. The number of allylic oxidation sites excluding steroid dienone is 2. The Bertz CT molecular complexity index is 933. The number of ether oxygens (including phenoxy) is 3. The Morgan fingerprint density at radius 1 is 1.10 bits per heavy atom. The van der Waals surface area contributed by atoms with E-state index in [1.807, 2.05) is 6.07 Å². The summed E-state index contributed by atoms with van der Waals surface area (Å²) in [5, 5.41) is 0. The molecule has 3 rings (SSSR count). The molecule has 1 aliphatic rings. The highest BCUT2D eigenvalue weighted by atomic mass is 19.1. The van der Waals surface area contributed by atoms with Gasteiger partial charge in [-0.2, -0.15) is 0 Å². The number of hydrogen-bond donors (Lipinski definition) is 0. The van der Waals surface area contributed by atoms with Crippen LogP contribution in [0.25, 0.3) is 5.57 Å². The number of para-hydroxylation sites is 1. The van der Waals surface area contributed by atoms with E-state index in [1.165, 1.54) is 32.4 Å². The molecule has 0 bridgehead atoms. The summed E-state index contributed by atoms with van der Waals surface area (Å²) in [6.45, 7) is 1.88. The van der Waals surface area contributed by atoms with Crippen molar-refractivity contribution in [1.29, 1.82) is 0 Å². The number of halogens is 1. The van der Waals surface area contributed by atoms with Crippen LogP contribution in [-0.4, -0.2) is 32.6 Å². The third-order valence-electron chi connectivity index (χ3n) is 5.05. The summed E-state index contributed by atoms with van der Waals surface area (Å²) in [4.78, 5) is 25.6. The number of rotatable bonds is 6. The predicted octanol–water partition coefficient (Wildman–Crippen LogP) is 4.16. The second kappa shape index (κ2) is 8.90. The number of carbonyl (C=O) groups excluding carboxylic acids is 2. The summed E-state index contributed by atoms with van der Waals surface area (Å²) in [5.41, 5.74) is 2.14. The number of carbonyl (C=O) groups is 2. The highest BCUT2D eigenvalue weighted by Gasteiger charge is 2.41. The molecule has 5 nitrogen and oxygen atoms in total. The minimum atomic E-state index is -0.986. The van der Waals surface area contributed by atoms with Crippen molar-refractivity contribution < 1.29 is 28.2 Å². The number of benzene rings is 2. The highest BCUT2D eigenvalue weighted by Crippen LogP contribution is 2.45. The van der Waals surface area contributed by atoms with Gasteiger partial charge in [0.2, 0.25) is 0 Å². The highest BCUT2D eigenvalue weighted by molar-refractivity contribution is 6.10. The SMILES string of the molecule is CCOC(=O)C1C(=O)C=C(c2ccc(F)cc2)CC1c1cccc(OC)c1OC.